The van der Waals surface area contributed by atoms with Gasteiger partial charge in [-0.1, -0.05) is 37.3 Å². The largest absolute Gasteiger partial charge is 0.480 e. The molecule has 4 heteroatoms. The Labute approximate surface area is 95.7 Å². The molecule has 88 valence electrons. The van der Waals surface area contributed by atoms with Gasteiger partial charge >= 0.3 is 5.97 Å². The highest BCUT2D eigenvalue weighted by Gasteiger charge is 2.22. The fourth-order valence-corrected chi connectivity index (χ4v) is 1.67. The average molecular weight is 222 g/mol. The Morgan fingerprint density at radius 2 is 2.06 bits per heavy atom. The molecule has 1 unspecified atom stereocenters. The van der Waals surface area contributed by atoms with Crippen molar-refractivity contribution in [2.45, 2.75) is 19.5 Å². The second kappa shape index (κ2) is 6.25. The van der Waals surface area contributed by atoms with E-state index in [4.69, 9.17) is 10.8 Å². The third-order valence-electron chi connectivity index (χ3n) is 2.58. The van der Waals surface area contributed by atoms with Crippen LogP contribution >= 0.6 is 0 Å². The second-order valence-corrected chi connectivity index (χ2v) is 3.64. The lowest BCUT2D eigenvalue weighted by Crippen LogP contribution is -2.45. The van der Waals surface area contributed by atoms with Gasteiger partial charge in [-0.15, -0.1) is 0 Å². The number of hydrogen-bond donors (Lipinski definition) is 2. The number of likely N-dealkylation sites (N-methyl/N-ethyl adjacent to an activating group) is 1. The van der Waals surface area contributed by atoms with E-state index in [1.54, 1.807) is 0 Å². The van der Waals surface area contributed by atoms with Crippen molar-refractivity contribution in [1.29, 1.82) is 0 Å². The number of nitrogens with two attached hydrogens (primary N) is 1. The molecule has 16 heavy (non-hydrogen) atoms. The van der Waals surface area contributed by atoms with Gasteiger partial charge in [0.15, 0.2) is 0 Å². The van der Waals surface area contributed by atoms with E-state index < -0.39 is 12.0 Å². The first-order valence-corrected chi connectivity index (χ1v) is 5.39. The van der Waals surface area contributed by atoms with Gasteiger partial charge in [0, 0.05) is 13.1 Å². The van der Waals surface area contributed by atoms with Crippen LogP contribution in [0.5, 0.6) is 0 Å². The Hall–Kier alpha value is -1.39. The van der Waals surface area contributed by atoms with Crippen molar-refractivity contribution in [1.82, 2.24) is 4.90 Å². The minimum absolute atomic E-state index is 0.135. The molecule has 0 spiro atoms. The van der Waals surface area contributed by atoms with Crippen LogP contribution in [0.25, 0.3) is 0 Å². The molecule has 0 heterocycles. The first kappa shape index (κ1) is 12.7. The zero-order chi connectivity index (χ0) is 12.0. The van der Waals surface area contributed by atoms with Gasteiger partial charge in [0.1, 0.15) is 6.04 Å². The number of carboxylic acids is 1. The number of hydrogen-bond acceptors (Lipinski definition) is 3. The van der Waals surface area contributed by atoms with Crippen LogP contribution in [0.4, 0.5) is 0 Å². The fraction of sp³-hybridized carbons (Fsp3) is 0.417. The van der Waals surface area contributed by atoms with Gasteiger partial charge in [0.25, 0.3) is 0 Å². The molecule has 1 rings (SSSR count). The van der Waals surface area contributed by atoms with E-state index in [9.17, 15) is 4.79 Å². The normalized spacial score (nSPS) is 12.7. The molecular formula is C12H18N2O2. The van der Waals surface area contributed by atoms with Gasteiger partial charge in [-0.25, -0.2) is 0 Å². The third kappa shape index (κ3) is 3.32. The molecule has 4 nitrogen and oxygen atoms in total. The lowest BCUT2D eigenvalue weighted by atomic mass is 10.1. The summed E-state index contributed by atoms with van der Waals surface area (Å²) in [5.41, 5.74) is 6.58. The third-order valence-corrected chi connectivity index (χ3v) is 2.58. The molecule has 0 fully saturated rings. The summed E-state index contributed by atoms with van der Waals surface area (Å²) in [5, 5.41) is 9.03. The maximum absolute atomic E-state index is 11.0. The molecule has 0 radical (unpaired) electrons. The SMILES string of the molecule is CCN(Cc1ccccc1)C(CN)C(=O)O. The van der Waals surface area contributed by atoms with Crippen LogP contribution in [0.3, 0.4) is 0 Å². The summed E-state index contributed by atoms with van der Waals surface area (Å²) < 4.78 is 0. The van der Waals surface area contributed by atoms with Crippen molar-refractivity contribution in [3.8, 4) is 0 Å². The molecule has 0 saturated heterocycles. The Bertz CT molecular complexity index is 327. The molecule has 0 aliphatic carbocycles. The van der Waals surface area contributed by atoms with Crippen LogP contribution < -0.4 is 5.73 Å². The summed E-state index contributed by atoms with van der Waals surface area (Å²) in [6.45, 7) is 3.36. The van der Waals surface area contributed by atoms with E-state index >= 15 is 0 Å². The maximum atomic E-state index is 11.0. The summed E-state index contributed by atoms with van der Waals surface area (Å²) >= 11 is 0. The summed E-state index contributed by atoms with van der Waals surface area (Å²) in [6, 6.07) is 9.20. The van der Waals surface area contributed by atoms with Crippen LogP contribution in [0.2, 0.25) is 0 Å². The Morgan fingerprint density at radius 3 is 2.50 bits per heavy atom. The van der Waals surface area contributed by atoms with E-state index in [-0.39, 0.29) is 6.54 Å². The number of nitrogens with zero attached hydrogens (tertiary/aromatic N) is 1. The zero-order valence-electron chi connectivity index (χ0n) is 9.47. The van der Waals surface area contributed by atoms with Crippen LogP contribution in [0.1, 0.15) is 12.5 Å². The summed E-state index contributed by atoms with van der Waals surface area (Å²) in [7, 11) is 0. The van der Waals surface area contributed by atoms with Gasteiger partial charge in [-0.05, 0) is 12.1 Å². The van der Waals surface area contributed by atoms with E-state index in [1.807, 2.05) is 42.2 Å². The highest BCUT2D eigenvalue weighted by molar-refractivity contribution is 5.73. The van der Waals surface area contributed by atoms with Gasteiger partial charge in [-0.3, -0.25) is 9.69 Å². The van der Waals surface area contributed by atoms with Crippen LogP contribution in [0, 0.1) is 0 Å². The molecule has 1 aromatic carbocycles. The summed E-state index contributed by atoms with van der Waals surface area (Å²) in [5.74, 6) is -0.861. The molecular weight excluding hydrogens is 204 g/mol. The van der Waals surface area contributed by atoms with Gasteiger partial charge in [0.05, 0.1) is 0 Å². The van der Waals surface area contributed by atoms with Crippen LogP contribution in [0.15, 0.2) is 30.3 Å². The molecule has 0 bridgehead atoms. The number of rotatable bonds is 6. The van der Waals surface area contributed by atoms with Crippen molar-refractivity contribution in [2.24, 2.45) is 5.73 Å². The number of aliphatic carboxylic acids is 1. The molecule has 0 aliphatic rings. The highest BCUT2D eigenvalue weighted by Crippen LogP contribution is 2.07. The van der Waals surface area contributed by atoms with Crippen molar-refractivity contribution in [3.05, 3.63) is 35.9 Å². The number of carboxylic acid groups (broad SMARTS) is 1. The average Bonchev–Trinajstić information content (AvgIpc) is 2.29. The minimum atomic E-state index is -0.861. The number of carbonyl (C=O) groups is 1. The zero-order valence-corrected chi connectivity index (χ0v) is 9.47. The molecule has 0 aliphatic heterocycles. The second-order valence-electron chi connectivity index (χ2n) is 3.64. The van der Waals surface area contributed by atoms with E-state index in [1.165, 1.54) is 0 Å². The lowest BCUT2D eigenvalue weighted by molar-refractivity contribution is -0.143. The first-order chi connectivity index (χ1) is 7.69. The highest BCUT2D eigenvalue weighted by atomic mass is 16.4. The first-order valence-electron chi connectivity index (χ1n) is 5.39. The predicted molar refractivity (Wildman–Crippen MR) is 63.0 cm³/mol. The Kier molecular flexibility index (Phi) is 4.95. The van der Waals surface area contributed by atoms with Crippen molar-refractivity contribution >= 4 is 5.97 Å². The predicted octanol–water partition coefficient (Wildman–Crippen LogP) is 0.920. The van der Waals surface area contributed by atoms with Gasteiger partial charge < -0.3 is 10.8 Å². The maximum Gasteiger partial charge on any atom is 0.322 e. The summed E-state index contributed by atoms with van der Waals surface area (Å²) in [4.78, 5) is 12.9. The fourth-order valence-electron chi connectivity index (χ4n) is 1.67. The topological polar surface area (TPSA) is 66.6 Å². The van der Waals surface area contributed by atoms with Crippen LogP contribution in [-0.2, 0) is 11.3 Å². The lowest BCUT2D eigenvalue weighted by Gasteiger charge is -2.26. The monoisotopic (exact) mass is 222 g/mol. The molecule has 0 amide bonds. The van der Waals surface area contributed by atoms with E-state index in [2.05, 4.69) is 0 Å². The summed E-state index contributed by atoms with van der Waals surface area (Å²) in [6.07, 6.45) is 0. The van der Waals surface area contributed by atoms with Crippen molar-refractivity contribution in [3.63, 3.8) is 0 Å². The van der Waals surface area contributed by atoms with Gasteiger partial charge in [-0.2, -0.15) is 0 Å². The molecule has 1 atom stereocenters. The Morgan fingerprint density at radius 1 is 1.44 bits per heavy atom. The molecule has 1 aromatic rings. The van der Waals surface area contributed by atoms with E-state index in [0.717, 1.165) is 5.56 Å². The molecule has 3 N–H and O–H groups in total. The Balaban J connectivity index is 2.71. The smallest absolute Gasteiger partial charge is 0.322 e. The van der Waals surface area contributed by atoms with Crippen LogP contribution in [-0.4, -0.2) is 35.1 Å². The number of benzene rings is 1. The van der Waals surface area contributed by atoms with Gasteiger partial charge in [0.2, 0.25) is 0 Å². The molecule has 0 aromatic heterocycles. The van der Waals surface area contributed by atoms with E-state index in [0.29, 0.717) is 13.1 Å². The standard InChI is InChI=1S/C12H18N2O2/c1-2-14(11(8-13)12(15)16)9-10-6-4-3-5-7-10/h3-7,11H,2,8-9,13H2,1H3,(H,15,16). The quantitative estimate of drug-likeness (QED) is 0.751. The van der Waals surface area contributed by atoms with Crippen molar-refractivity contribution in [2.75, 3.05) is 13.1 Å². The van der Waals surface area contributed by atoms with Crippen molar-refractivity contribution < 1.29 is 9.90 Å². The minimum Gasteiger partial charge on any atom is -0.480 e. The molecule has 0 saturated carbocycles.